The van der Waals surface area contributed by atoms with Crippen molar-refractivity contribution in [3.63, 3.8) is 0 Å². The zero-order chi connectivity index (χ0) is 30.6. The Balaban J connectivity index is -0.000000101. The van der Waals surface area contributed by atoms with Crippen LogP contribution in [-0.4, -0.2) is 52.3 Å². The van der Waals surface area contributed by atoms with Crippen LogP contribution in [0.2, 0.25) is 0 Å². The van der Waals surface area contributed by atoms with Crippen LogP contribution in [0.5, 0.6) is 0 Å². The van der Waals surface area contributed by atoms with Crippen LogP contribution in [0.25, 0.3) is 0 Å². The molecule has 0 N–H and O–H groups in total. The zero-order valence-corrected chi connectivity index (χ0v) is 30.2. The van der Waals surface area contributed by atoms with Gasteiger partial charge in [0.15, 0.2) is 0 Å². The summed E-state index contributed by atoms with van der Waals surface area (Å²) in [7, 11) is 0. The summed E-state index contributed by atoms with van der Waals surface area (Å²) < 4.78 is 17.6. The molecule has 42 heavy (non-hydrogen) atoms. The third kappa shape index (κ3) is 77.3. The molecule has 0 rings (SSSR count). The van der Waals surface area contributed by atoms with Crippen LogP contribution >= 0.6 is 0 Å². The summed E-state index contributed by atoms with van der Waals surface area (Å²) in [5.41, 5.74) is 0. The molecule has 0 aliphatic carbocycles. The number of carbonyl (C=O) groups excluding carboxylic acids is 4. The molecule has 0 amide bonds. The van der Waals surface area contributed by atoms with Crippen LogP contribution in [0, 0.1) is 0 Å². The molecule has 0 aromatic carbocycles. The van der Waals surface area contributed by atoms with Gasteiger partial charge < -0.3 is 38.1 Å². The molecule has 0 saturated carbocycles. The van der Waals surface area contributed by atoms with Crippen molar-refractivity contribution >= 4 is 25.9 Å². The van der Waals surface area contributed by atoms with E-state index in [4.69, 9.17) is 0 Å². The van der Waals surface area contributed by atoms with Gasteiger partial charge in [-0.15, -0.1) is 0 Å². The van der Waals surface area contributed by atoms with Crippen LogP contribution in [-0.2, 0) is 77.1 Å². The quantitative estimate of drug-likeness (QED) is 0.0339. The Labute approximate surface area is 284 Å². The molecule has 0 heterocycles. The topological polar surface area (TPSA) is 105 Å². The molecule has 2 radical (unpaired) electrons. The summed E-state index contributed by atoms with van der Waals surface area (Å²) in [4.78, 5) is 38.2. The maximum atomic E-state index is 9.55. The van der Waals surface area contributed by atoms with Crippen LogP contribution in [0.3, 0.4) is 0 Å². The molecule has 0 fully saturated rings. The fraction of sp³-hybridized carbons (Fsp3) is 0.875. The van der Waals surface area contributed by atoms with Gasteiger partial charge in [0.2, 0.25) is 0 Å². The minimum atomic E-state index is 0. The number of hydrogen-bond donors (Lipinski definition) is 0. The first kappa shape index (κ1) is 53.7. The van der Waals surface area contributed by atoms with Crippen LogP contribution < -0.4 is 0 Å². The summed E-state index contributed by atoms with van der Waals surface area (Å²) in [6.45, 7) is 16.5. The molecule has 258 valence electrons. The first-order valence-corrected chi connectivity index (χ1v) is 15.6. The second-order valence-corrected chi connectivity index (χ2v) is 9.38. The molecule has 0 bridgehead atoms. The second kappa shape index (κ2) is 63.4. The van der Waals surface area contributed by atoms with Crippen molar-refractivity contribution in [3.05, 3.63) is 0 Å². The van der Waals surface area contributed by atoms with Crippen molar-refractivity contribution in [2.75, 3.05) is 26.4 Å². The van der Waals surface area contributed by atoms with E-state index in [1.54, 1.807) is 0 Å². The Hall–Kier alpha value is -0.873. The van der Waals surface area contributed by atoms with Gasteiger partial charge >= 0.3 is 0 Å². The molecule has 0 atom stereocenters. The van der Waals surface area contributed by atoms with E-state index in [2.05, 4.69) is 46.6 Å². The molecule has 8 nitrogen and oxygen atoms in total. The average molecular weight is 779 g/mol. The van der Waals surface area contributed by atoms with Crippen molar-refractivity contribution < 1.29 is 77.1 Å². The minimum Gasteiger partial charge on any atom is -0.653 e. The van der Waals surface area contributed by atoms with Gasteiger partial charge in [0, 0.05) is 65.4 Å². The summed E-state index contributed by atoms with van der Waals surface area (Å²) >= 11 is 0. The van der Waals surface area contributed by atoms with E-state index in [9.17, 15) is 19.2 Å². The molecular formula is C32H60O8Rh2-4. The van der Waals surface area contributed by atoms with Gasteiger partial charge in [0.25, 0.3) is 0 Å². The van der Waals surface area contributed by atoms with Gasteiger partial charge in [-0.2, -0.15) is 0 Å². The Morgan fingerprint density at radius 1 is 0.310 bits per heavy atom. The molecular weight excluding hydrogens is 718 g/mol. The molecule has 10 heteroatoms. The Morgan fingerprint density at radius 3 is 0.619 bits per heavy atom. The predicted octanol–water partition coefficient (Wildman–Crippen LogP) is 8.16. The van der Waals surface area contributed by atoms with Crippen molar-refractivity contribution in [3.8, 4) is 0 Å². The molecule has 0 aromatic heterocycles. The third-order valence-electron chi connectivity index (χ3n) is 5.64. The van der Waals surface area contributed by atoms with Crippen molar-refractivity contribution in [2.24, 2.45) is 0 Å². The van der Waals surface area contributed by atoms with Crippen molar-refractivity contribution in [1.29, 1.82) is 0 Å². The summed E-state index contributed by atoms with van der Waals surface area (Å²) in [6, 6.07) is 0. The first-order chi connectivity index (χ1) is 19.7. The predicted molar refractivity (Wildman–Crippen MR) is 162 cm³/mol. The van der Waals surface area contributed by atoms with E-state index < -0.39 is 0 Å². The smallest absolute Gasteiger partial charge is 0.0480 e. The number of unbranched alkanes of at least 4 members (excludes halogenated alkanes) is 16. The minimum absolute atomic E-state index is 0. The number of rotatable bonds is 28. The average Bonchev–Trinajstić information content (AvgIpc) is 2.97. The van der Waals surface area contributed by atoms with Crippen LogP contribution in [0.15, 0.2) is 0 Å². The summed E-state index contributed by atoms with van der Waals surface area (Å²) in [5.74, 6) is 0. The van der Waals surface area contributed by atoms with Crippen LogP contribution in [0.4, 0.5) is 0 Å². The van der Waals surface area contributed by atoms with Gasteiger partial charge in [-0.25, -0.2) is 0 Å². The Bertz CT molecular complexity index is 378. The third-order valence-corrected chi connectivity index (χ3v) is 5.64. The largest absolute Gasteiger partial charge is 0.653 e. The number of hydrogen-bond acceptors (Lipinski definition) is 8. The molecule has 0 saturated heterocycles. The maximum Gasteiger partial charge on any atom is 0.0480 e. The number of ether oxygens (including phenoxy) is 4. The first-order valence-electron chi connectivity index (χ1n) is 15.6. The normalized spacial score (nSPS) is 8.86. The summed E-state index contributed by atoms with van der Waals surface area (Å²) in [6.07, 6.45) is 23.7. The van der Waals surface area contributed by atoms with E-state index in [1.165, 1.54) is 103 Å². The monoisotopic (exact) mass is 778 g/mol. The van der Waals surface area contributed by atoms with E-state index in [1.807, 2.05) is 0 Å². The van der Waals surface area contributed by atoms with E-state index in [0.29, 0.717) is 26.4 Å². The van der Waals surface area contributed by atoms with Gasteiger partial charge in [-0.1, -0.05) is 156 Å². The van der Waals surface area contributed by atoms with Gasteiger partial charge in [0.1, 0.15) is 0 Å². The molecule has 0 unspecified atom stereocenters. The van der Waals surface area contributed by atoms with Crippen LogP contribution in [0.1, 0.15) is 156 Å². The van der Waals surface area contributed by atoms with Gasteiger partial charge in [0.05, 0.1) is 0 Å². The fourth-order valence-electron chi connectivity index (χ4n) is 3.28. The zero-order valence-electron chi connectivity index (χ0n) is 26.9. The molecule has 0 aromatic rings. The van der Waals surface area contributed by atoms with Gasteiger partial charge in [-0.3, -0.25) is 0 Å². The SMILES string of the molecule is CCCCCCCO[C-]=O.CCCCCCCO[C-]=O.CCCCCCCO[C-]=O.CCCCCCCO[C-]=O.[Rh].[Rh]. The van der Waals surface area contributed by atoms with E-state index in [0.717, 1.165) is 51.4 Å². The second-order valence-electron chi connectivity index (χ2n) is 9.38. The van der Waals surface area contributed by atoms with E-state index in [-0.39, 0.29) is 39.0 Å². The Morgan fingerprint density at radius 2 is 0.476 bits per heavy atom. The molecule has 0 aliphatic heterocycles. The molecule has 0 spiro atoms. The van der Waals surface area contributed by atoms with Gasteiger partial charge in [-0.05, 0) is 25.7 Å². The van der Waals surface area contributed by atoms with Crippen molar-refractivity contribution in [1.82, 2.24) is 0 Å². The fourth-order valence-corrected chi connectivity index (χ4v) is 3.28. The Kier molecular flexibility index (Phi) is 81.0. The molecule has 0 aliphatic rings. The maximum absolute atomic E-state index is 9.55. The summed E-state index contributed by atoms with van der Waals surface area (Å²) in [5, 5.41) is 0. The van der Waals surface area contributed by atoms with Crippen molar-refractivity contribution in [2.45, 2.75) is 156 Å². The van der Waals surface area contributed by atoms with E-state index >= 15 is 0 Å². The standard InChI is InChI=1S/4C8H15O2.2Rh/c4*1-2-3-4-5-6-7-10-8-9;;/h4*2-7H2,1H3;;/q4*-1;;.